The van der Waals surface area contributed by atoms with Crippen molar-refractivity contribution in [1.29, 1.82) is 0 Å². The van der Waals surface area contributed by atoms with E-state index in [1.807, 2.05) is 36.4 Å². The van der Waals surface area contributed by atoms with Crippen LogP contribution in [0.5, 0.6) is 0 Å². The van der Waals surface area contributed by atoms with Crippen LogP contribution in [-0.4, -0.2) is 24.7 Å². The molecule has 0 spiro atoms. The van der Waals surface area contributed by atoms with E-state index in [4.69, 9.17) is 0 Å². The van der Waals surface area contributed by atoms with E-state index in [-0.39, 0.29) is 0 Å². The molecular formula is C18H15N5S2. The summed E-state index contributed by atoms with van der Waals surface area (Å²) in [7, 11) is 0. The summed E-state index contributed by atoms with van der Waals surface area (Å²) < 4.78 is 2.06. The number of rotatable bonds is 5. The van der Waals surface area contributed by atoms with E-state index in [0.29, 0.717) is 6.54 Å². The van der Waals surface area contributed by atoms with Gasteiger partial charge in [-0.2, -0.15) is 0 Å². The van der Waals surface area contributed by atoms with Crippen LogP contribution in [0.15, 0.2) is 65.6 Å². The third-order valence-electron chi connectivity index (χ3n) is 3.66. The van der Waals surface area contributed by atoms with Crippen molar-refractivity contribution in [2.24, 2.45) is 0 Å². The Labute approximate surface area is 153 Å². The maximum atomic E-state index is 4.45. The van der Waals surface area contributed by atoms with Crippen molar-refractivity contribution < 1.29 is 0 Å². The molecule has 0 amide bonds. The molecule has 0 saturated carbocycles. The van der Waals surface area contributed by atoms with Crippen molar-refractivity contribution in [2.75, 3.05) is 0 Å². The zero-order valence-electron chi connectivity index (χ0n) is 13.6. The minimum Gasteiger partial charge on any atom is -0.298 e. The Hall–Kier alpha value is -2.51. The Balaban J connectivity index is 1.77. The van der Waals surface area contributed by atoms with Crippen LogP contribution in [0.4, 0.5) is 0 Å². The van der Waals surface area contributed by atoms with E-state index in [2.05, 4.69) is 44.3 Å². The van der Waals surface area contributed by atoms with Gasteiger partial charge in [0, 0.05) is 22.4 Å². The number of fused-ring (bicyclic) bond motifs is 1. The van der Waals surface area contributed by atoms with E-state index < -0.39 is 0 Å². The summed E-state index contributed by atoms with van der Waals surface area (Å²) in [5, 5.41) is 11.5. The SMILES string of the molecule is C=CCn1c(Sc2ncnc3sc(C)cc23)nnc1-c1ccccc1. The molecule has 25 heavy (non-hydrogen) atoms. The van der Waals surface area contributed by atoms with Gasteiger partial charge in [-0.1, -0.05) is 36.4 Å². The number of aromatic nitrogens is 5. The lowest BCUT2D eigenvalue weighted by molar-refractivity contribution is 0.730. The van der Waals surface area contributed by atoms with Gasteiger partial charge in [-0.3, -0.25) is 4.57 Å². The number of hydrogen-bond donors (Lipinski definition) is 0. The topological polar surface area (TPSA) is 56.5 Å². The average Bonchev–Trinajstić information content (AvgIpc) is 3.20. The standard InChI is InChI=1S/C18H15N5S2/c1-3-9-23-15(13-7-5-4-6-8-13)21-22-18(23)25-17-14-10-12(2)24-16(14)19-11-20-17/h3-8,10-11H,1,9H2,2H3. The molecule has 1 aromatic carbocycles. The zero-order valence-corrected chi connectivity index (χ0v) is 15.2. The molecule has 0 aliphatic rings. The first kappa shape index (κ1) is 16.0. The van der Waals surface area contributed by atoms with Crippen LogP contribution in [0.3, 0.4) is 0 Å². The number of aryl methyl sites for hydroxylation is 1. The van der Waals surface area contributed by atoms with Gasteiger partial charge in [0.25, 0.3) is 0 Å². The first-order valence-corrected chi connectivity index (χ1v) is 9.38. The Morgan fingerprint density at radius 3 is 2.84 bits per heavy atom. The predicted octanol–water partition coefficient (Wildman–Crippen LogP) is 4.60. The summed E-state index contributed by atoms with van der Waals surface area (Å²) in [5.74, 6) is 0.829. The summed E-state index contributed by atoms with van der Waals surface area (Å²) in [6.45, 7) is 6.58. The molecule has 124 valence electrons. The van der Waals surface area contributed by atoms with Gasteiger partial charge in [-0.25, -0.2) is 9.97 Å². The Morgan fingerprint density at radius 2 is 2.04 bits per heavy atom. The molecule has 0 N–H and O–H groups in total. The largest absolute Gasteiger partial charge is 0.298 e. The maximum Gasteiger partial charge on any atom is 0.198 e. The molecule has 0 aliphatic carbocycles. The highest BCUT2D eigenvalue weighted by atomic mass is 32.2. The van der Waals surface area contributed by atoms with Gasteiger partial charge in [0.15, 0.2) is 11.0 Å². The molecule has 4 rings (SSSR count). The number of allylic oxidation sites excluding steroid dienone is 1. The maximum absolute atomic E-state index is 4.45. The molecule has 0 fully saturated rings. The Kier molecular flexibility index (Phi) is 4.33. The van der Waals surface area contributed by atoms with Crippen molar-refractivity contribution in [3.63, 3.8) is 0 Å². The molecule has 5 nitrogen and oxygen atoms in total. The quantitative estimate of drug-likeness (QED) is 0.382. The molecule has 7 heteroatoms. The molecule has 0 aliphatic heterocycles. The normalized spacial score (nSPS) is 11.1. The highest BCUT2D eigenvalue weighted by Gasteiger charge is 2.16. The average molecular weight is 365 g/mol. The minimum atomic E-state index is 0.635. The molecule has 0 bridgehead atoms. The molecule has 3 aromatic heterocycles. The van der Waals surface area contributed by atoms with E-state index >= 15 is 0 Å². The second-order valence-electron chi connectivity index (χ2n) is 5.43. The van der Waals surface area contributed by atoms with Gasteiger partial charge in [0.1, 0.15) is 16.2 Å². The van der Waals surface area contributed by atoms with Crippen molar-refractivity contribution in [1.82, 2.24) is 24.7 Å². The lowest BCUT2D eigenvalue weighted by atomic mass is 10.2. The van der Waals surface area contributed by atoms with Crippen molar-refractivity contribution in [3.05, 3.63) is 60.3 Å². The molecule has 0 atom stereocenters. The van der Waals surface area contributed by atoms with Crippen LogP contribution < -0.4 is 0 Å². The summed E-state index contributed by atoms with van der Waals surface area (Å²) in [6.07, 6.45) is 3.46. The third-order valence-corrected chi connectivity index (χ3v) is 5.63. The van der Waals surface area contributed by atoms with Crippen LogP contribution in [0.2, 0.25) is 0 Å². The first-order chi connectivity index (χ1) is 12.3. The zero-order chi connectivity index (χ0) is 17.2. The van der Waals surface area contributed by atoms with Gasteiger partial charge < -0.3 is 0 Å². The number of hydrogen-bond acceptors (Lipinski definition) is 6. The number of benzene rings is 1. The number of thiophene rings is 1. The monoisotopic (exact) mass is 365 g/mol. The Bertz CT molecular complexity index is 1040. The smallest absolute Gasteiger partial charge is 0.198 e. The van der Waals surface area contributed by atoms with Gasteiger partial charge in [0.05, 0.1) is 0 Å². The Morgan fingerprint density at radius 1 is 1.20 bits per heavy atom. The van der Waals surface area contributed by atoms with Crippen LogP contribution >= 0.6 is 23.1 Å². The summed E-state index contributed by atoms with van der Waals surface area (Å²) in [4.78, 5) is 11.0. The van der Waals surface area contributed by atoms with Gasteiger partial charge in [0.2, 0.25) is 0 Å². The second kappa shape index (κ2) is 6.78. The highest BCUT2D eigenvalue weighted by molar-refractivity contribution is 7.99. The van der Waals surface area contributed by atoms with Crippen LogP contribution in [-0.2, 0) is 6.54 Å². The molecule has 3 heterocycles. The summed E-state index contributed by atoms with van der Waals surface area (Å²) in [6, 6.07) is 12.2. The fourth-order valence-electron chi connectivity index (χ4n) is 2.58. The van der Waals surface area contributed by atoms with Crippen molar-refractivity contribution in [2.45, 2.75) is 23.7 Å². The van der Waals surface area contributed by atoms with Crippen molar-refractivity contribution >= 4 is 33.3 Å². The van der Waals surface area contributed by atoms with Crippen molar-refractivity contribution in [3.8, 4) is 11.4 Å². The van der Waals surface area contributed by atoms with Gasteiger partial charge in [-0.05, 0) is 24.8 Å². The van der Waals surface area contributed by atoms with Gasteiger partial charge >= 0.3 is 0 Å². The predicted molar refractivity (Wildman–Crippen MR) is 102 cm³/mol. The van der Waals surface area contributed by atoms with Crippen LogP contribution in [0, 0.1) is 6.92 Å². The van der Waals surface area contributed by atoms with E-state index in [1.165, 1.54) is 16.6 Å². The van der Waals surface area contributed by atoms with E-state index in [0.717, 1.165) is 31.8 Å². The van der Waals surface area contributed by atoms with Crippen LogP contribution in [0.25, 0.3) is 21.6 Å². The fourth-order valence-corrected chi connectivity index (χ4v) is 4.38. The molecule has 0 unspecified atom stereocenters. The van der Waals surface area contributed by atoms with E-state index in [9.17, 15) is 0 Å². The molecule has 0 radical (unpaired) electrons. The van der Waals surface area contributed by atoms with E-state index in [1.54, 1.807) is 17.7 Å². The lowest BCUT2D eigenvalue weighted by Gasteiger charge is -2.07. The minimum absolute atomic E-state index is 0.635. The molecule has 0 saturated heterocycles. The molecule has 4 aromatic rings. The van der Waals surface area contributed by atoms with Crippen LogP contribution in [0.1, 0.15) is 4.88 Å². The number of nitrogens with zero attached hydrogens (tertiary/aromatic N) is 5. The molecular weight excluding hydrogens is 350 g/mol. The first-order valence-electron chi connectivity index (χ1n) is 7.75. The third kappa shape index (κ3) is 3.08. The second-order valence-corrected chi connectivity index (χ2v) is 7.62. The highest BCUT2D eigenvalue weighted by Crippen LogP contribution is 2.34. The van der Waals surface area contributed by atoms with Gasteiger partial charge in [-0.15, -0.1) is 28.1 Å². The fraction of sp³-hybridized carbons (Fsp3) is 0.111. The lowest BCUT2D eigenvalue weighted by Crippen LogP contribution is -2.00. The summed E-state index contributed by atoms with van der Waals surface area (Å²) >= 11 is 3.18. The summed E-state index contributed by atoms with van der Waals surface area (Å²) in [5.41, 5.74) is 1.03.